The molecule has 4 aromatic heterocycles. The summed E-state index contributed by atoms with van der Waals surface area (Å²) in [5.41, 5.74) is 32.7. The standard InChI is InChI=1S/C104H92BN5/c1-100(2,3)65-33-26-32-64(50-65)78-52-66(101(4,5)6)41-45-87(78)106-70-57-84-82-59-71(108-89-47-42-67(102(7,8)9)53-80(89)81-54-68(103(10,11)12)43-48-90(81)108)44-49-92(82)110-98(84)86(58-70)105-85-56-69(104(13,14)15)55-83-79-51-63(61-28-18-16-19-29-61)40-46-91(79)109(97(83)85)93-60-88-94(99(110)95(93)105)77-39-27-38-76(96(77)107-88)75-37-25-24-36-74(75)73-35-23-22-34-72(73)62-30-20-17-21-31-62/h16-60,106-107H,1-15H3/i16D,18D,19D,28D,29D. The summed E-state index contributed by atoms with van der Waals surface area (Å²) in [6, 6.07) is 89.7. The Morgan fingerprint density at radius 3 is 1.53 bits per heavy atom. The van der Waals surface area contributed by atoms with Gasteiger partial charge in [0, 0.05) is 88.0 Å². The lowest BCUT2D eigenvalue weighted by Crippen LogP contribution is -2.59. The van der Waals surface area contributed by atoms with Crippen LogP contribution in [-0.4, -0.2) is 25.4 Å². The lowest BCUT2D eigenvalue weighted by atomic mass is 9.34. The molecule has 0 bridgehead atoms. The number of benzene rings is 14. The fourth-order valence-electron chi connectivity index (χ4n) is 18.4. The summed E-state index contributed by atoms with van der Waals surface area (Å²) >= 11 is 0. The number of nitrogens with zero attached hydrogens (tertiary/aromatic N) is 3. The van der Waals surface area contributed by atoms with E-state index < -0.39 is 6.04 Å². The Kier molecular flexibility index (Phi) is 13.4. The summed E-state index contributed by atoms with van der Waals surface area (Å²) in [4.78, 5) is 4.25. The first-order chi connectivity index (χ1) is 54.8. The Morgan fingerprint density at radius 1 is 0.336 bits per heavy atom. The van der Waals surface area contributed by atoms with Crippen LogP contribution in [0, 0.1) is 0 Å². The van der Waals surface area contributed by atoms with Gasteiger partial charge in [-0.15, -0.1) is 0 Å². The van der Waals surface area contributed by atoms with Crippen LogP contribution in [0.4, 0.5) is 11.4 Å². The fraction of sp³-hybridized carbons (Fsp3) is 0.192. The topological polar surface area (TPSA) is 42.6 Å². The first kappa shape index (κ1) is 62.1. The van der Waals surface area contributed by atoms with Crippen molar-refractivity contribution in [3.63, 3.8) is 0 Å². The molecule has 14 aromatic carbocycles. The first-order valence-electron chi connectivity index (χ1n) is 41.6. The van der Waals surface area contributed by atoms with Gasteiger partial charge < -0.3 is 24.0 Å². The summed E-state index contributed by atoms with van der Waals surface area (Å²) < 4.78 is 52.8. The Labute approximate surface area is 653 Å². The second-order valence-electron chi connectivity index (χ2n) is 36.4. The molecule has 0 saturated carbocycles. The van der Waals surface area contributed by atoms with Gasteiger partial charge >= 0.3 is 0 Å². The quantitative estimate of drug-likeness (QED) is 0.146. The van der Waals surface area contributed by atoms with Crippen LogP contribution in [-0.2, 0) is 27.1 Å². The number of H-pyrrole nitrogens is 1. The molecule has 0 aliphatic carbocycles. The van der Waals surface area contributed by atoms with E-state index in [4.69, 9.17) is 4.11 Å². The molecule has 0 radical (unpaired) electrons. The van der Waals surface area contributed by atoms with Crippen LogP contribution in [0.3, 0.4) is 0 Å². The second-order valence-corrected chi connectivity index (χ2v) is 36.4. The van der Waals surface area contributed by atoms with Crippen LogP contribution in [0.5, 0.6) is 0 Å². The maximum absolute atomic E-state index is 9.36. The molecule has 0 fully saturated rings. The van der Waals surface area contributed by atoms with E-state index in [2.05, 4.69) is 364 Å². The van der Waals surface area contributed by atoms with Gasteiger partial charge in [0.05, 0.1) is 45.6 Å². The molecular weight excluding hydrogens is 1330 g/mol. The largest absolute Gasteiger partial charge is 0.355 e. The molecule has 0 spiro atoms. The van der Waals surface area contributed by atoms with Crippen molar-refractivity contribution in [3.8, 4) is 72.7 Å². The molecule has 536 valence electrons. The predicted octanol–water partition coefficient (Wildman–Crippen LogP) is 26.3. The molecule has 0 atom stereocenters. The maximum Gasteiger partial charge on any atom is 0.252 e. The predicted molar refractivity (Wildman–Crippen MR) is 474 cm³/mol. The molecule has 18 aromatic rings. The molecular formula is C104H92BN5. The van der Waals surface area contributed by atoms with E-state index >= 15 is 0 Å². The number of anilines is 2. The van der Waals surface area contributed by atoms with Crippen molar-refractivity contribution in [1.82, 2.24) is 18.7 Å². The average molecular weight is 1430 g/mol. The van der Waals surface area contributed by atoms with E-state index in [1.165, 1.54) is 55.0 Å². The lowest BCUT2D eigenvalue weighted by molar-refractivity contribution is 0.589. The lowest BCUT2D eigenvalue weighted by Gasteiger charge is -2.35. The third-order valence-corrected chi connectivity index (χ3v) is 24.2. The molecule has 5 nitrogen and oxygen atoms in total. The highest BCUT2D eigenvalue weighted by molar-refractivity contribution is 7.00. The van der Waals surface area contributed by atoms with Crippen molar-refractivity contribution in [1.29, 1.82) is 0 Å². The minimum atomic E-state index is -0.414. The number of nitrogens with one attached hydrogen (secondary N) is 2. The average Bonchev–Trinajstić information content (AvgIpc) is 1.52. The van der Waals surface area contributed by atoms with E-state index in [-0.39, 0.29) is 63.5 Å². The number of aromatic amines is 1. The van der Waals surface area contributed by atoms with Gasteiger partial charge in [0.25, 0.3) is 6.71 Å². The SMILES string of the molecule is [2H]c1c([2H])c([2H])c(-c2ccc3c(c2)c2cc(C(C)(C)C)cc4c2n3-c2cc3[nH]c5c(-c6ccccc6-c6ccccc6-c6ccccc6)cccc5c3c3c2B4c2cc(Nc4ccc(C(C)(C)C)cc4-c4cccc(C(C)(C)C)c4)cc4c5cc(-n6c7ccc(C(C)(C)C)cc7c7cc(C(C)(C)C)ccc76)ccc5n-3c24)c([2H])c1[2H]. The third-order valence-electron chi connectivity index (χ3n) is 24.2. The van der Waals surface area contributed by atoms with Gasteiger partial charge in [0.2, 0.25) is 0 Å². The molecule has 2 aliphatic rings. The van der Waals surface area contributed by atoms with E-state index in [1.807, 2.05) is 6.07 Å². The van der Waals surface area contributed by atoms with Gasteiger partial charge in [-0.2, -0.15) is 0 Å². The van der Waals surface area contributed by atoms with Crippen LogP contribution >= 0.6 is 0 Å². The zero-order valence-electron chi connectivity index (χ0n) is 70.5. The molecule has 0 amide bonds. The number of fused-ring (bicyclic) bond motifs is 17. The van der Waals surface area contributed by atoms with Crippen molar-refractivity contribution >= 4 is 122 Å². The maximum atomic E-state index is 9.36. The number of hydrogen-bond acceptors (Lipinski definition) is 1. The van der Waals surface area contributed by atoms with Crippen LogP contribution in [0.1, 0.15) is 139 Å². The van der Waals surface area contributed by atoms with Crippen LogP contribution < -0.4 is 21.7 Å². The fourth-order valence-corrected chi connectivity index (χ4v) is 18.4. The molecule has 20 rings (SSSR count). The molecule has 2 aliphatic heterocycles. The Hall–Kier alpha value is -11.9. The van der Waals surface area contributed by atoms with Gasteiger partial charge in [-0.25, -0.2) is 0 Å². The van der Waals surface area contributed by atoms with Crippen molar-refractivity contribution in [2.75, 3.05) is 5.32 Å². The Balaban J connectivity index is 0.934. The number of aromatic nitrogens is 4. The van der Waals surface area contributed by atoms with Gasteiger partial charge in [-0.1, -0.05) is 286 Å². The Bertz CT molecular complexity index is 7170. The van der Waals surface area contributed by atoms with Gasteiger partial charge in [-0.3, -0.25) is 0 Å². The van der Waals surface area contributed by atoms with Crippen molar-refractivity contribution < 1.29 is 6.85 Å². The van der Waals surface area contributed by atoms with Crippen LogP contribution in [0.2, 0.25) is 0 Å². The molecule has 6 heteroatoms. The highest BCUT2D eigenvalue weighted by atomic mass is 15.1. The van der Waals surface area contributed by atoms with Gasteiger partial charge in [-0.05, 0) is 207 Å². The van der Waals surface area contributed by atoms with Crippen molar-refractivity contribution in [2.45, 2.75) is 131 Å². The van der Waals surface area contributed by atoms with E-state index in [1.54, 1.807) is 0 Å². The number of rotatable bonds is 8. The molecule has 2 N–H and O–H groups in total. The second kappa shape index (κ2) is 23.8. The third kappa shape index (κ3) is 10.4. The highest BCUT2D eigenvalue weighted by Crippen LogP contribution is 2.50. The van der Waals surface area contributed by atoms with Gasteiger partial charge in [0.15, 0.2) is 0 Å². The zero-order valence-corrected chi connectivity index (χ0v) is 65.5. The zero-order chi connectivity index (χ0) is 79.9. The Morgan fingerprint density at radius 2 is 0.845 bits per heavy atom. The molecule has 110 heavy (non-hydrogen) atoms. The van der Waals surface area contributed by atoms with Crippen molar-refractivity contribution in [2.24, 2.45) is 0 Å². The van der Waals surface area contributed by atoms with E-state index in [0.29, 0.717) is 5.56 Å². The van der Waals surface area contributed by atoms with Gasteiger partial charge in [0.1, 0.15) is 0 Å². The smallest absolute Gasteiger partial charge is 0.252 e. The molecule has 0 unspecified atom stereocenters. The van der Waals surface area contributed by atoms with E-state index in [9.17, 15) is 2.74 Å². The van der Waals surface area contributed by atoms with E-state index in [0.717, 1.165) is 149 Å². The first-order valence-corrected chi connectivity index (χ1v) is 39.1. The summed E-state index contributed by atoms with van der Waals surface area (Å²) in [7, 11) is 0. The number of para-hydroxylation sites is 1. The molecule has 6 heterocycles. The molecule has 0 saturated heterocycles. The van der Waals surface area contributed by atoms with Crippen LogP contribution in [0.25, 0.3) is 160 Å². The van der Waals surface area contributed by atoms with Crippen molar-refractivity contribution in [3.05, 3.63) is 301 Å². The summed E-state index contributed by atoms with van der Waals surface area (Å²) in [6.07, 6.45) is 0. The summed E-state index contributed by atoms with van der Waals surface area (Å²) in [6.45, 7) is 34.2. The normalized spacial score (nSPS) is 13.8. The highest BCUT2D eigenvalue weighted by Gasteiger charge is 2.44. The summed E-state index contributed by atoms with van der Waals surface area (Å²) in [5.74, 6) is 0. The summed E-state index contributed by atoms with van der Waals surface area (Å²) in [5, 5.41) is 13.2. The number of hydrogen-bond donors (Lipinski definition) is 2. The minimum absolute atomic E-state index is 0.0739. The van der Waals surface area contributed by atoms with Crippen LogP contribution in [0.15, 0.2) is 273 Å². The monoisotopic (exact) mass is 1430 g/mol. The minimum Gasteiger partial charge on any atom is -0.355 e.